The molecular weight excluding hydrogens is 409 g/mol. The highest BCUT2D eigenvalue weighted by molar-refractivity contribution is 6.31. The van der Waals surface area contributed by atoms with Crippen LogP contribution in [0.15, 0.2) is 24.3 Å². The third kappa shape index (κ3) is 3.96. The van der Waals surface area contributed by atoms with E-state index < -0.39 is 5.82 Å². The summed E-state index contributed by atoms with van der Waals surface area (Å²) in [5.41, 5.74) is 2.34. The molecule has 1 fully saturated rings. The first-order chi connectivity index (χ1) is 14.5. The number of fused-ring (bicyclic) bond motifs is 1. The molecule has 1 aromatic heterocycles. The maximum atomic E-state index is 13.4. The van der Waals surface area contributed by atoms with E-state index in [4.69, 9.17) is 16.3 Å². The largest absolute Gasteiger partial charge is 0.373 e. The van der Waals surface area contributed by atoms with Gasteiger partial charge in [0, 0.05) is 24.7 Å². The molecule has 30 heavy (non-hydrogen) atoms. The van der Waals surface area contributed by atoms with Crippen molar-refractivity contribution in [3.63, 3.8) is 0 Å². The summed E-state index contributed by atoms with van der Waals surface area (Å²) in [5, 5.41) is 3.26. The Morgan fingerprint density at radius 3 is 2.70 bits per heavy atom. The second-order valence-electron chi connectivity index (χ2n) is 7.69. The molecule has 1 atom stereocenters. The van der Waals surface area contributed by atoms with Gasteiger partial charge in [0.05, 0.1) is 30.5 Å². The molecule has 160 valence electrons. The number of hydrogen-bond donors (Lipinski definition) is 1. The number of nitrogens with zero attached hydrogens (tertiary/aromatic N) is 2. The summed E-state index contributed by atoms with van der Waals surface area (Å²) in [6, 6.07) is 5.47. The molecule has 1 N–H and O–H groups in total. The topological polar surface area (TPSA) is 63.6 Å². The molecule has 0 bridgehead atoms. The van der Waals surface area contributed by atoms with Gasteiger partial charge in [-0.25, -0.2) is 4.39 Å². The highest BCUT2D eigenvalue weighted by Gasteiger charge is 2.30. The molecule has 8 heteroatoms. The second-order valence-corrected chi connectivity index (χ2v) is 8.10. The molecule has 1 aromatic carbocycles. The molecule has 0 radical (unpaired) electrons. The van der Waals surface area contributed by atoms with Crippen LogP contribution in [0.3, 0.4) is 0 Å². The van der Waals surface area contributed by atoms with Gasteiger partial charge in [-0.2, -0.15) is 0 Å². The average molecular weight is 434 g/mol. The van der Waals surface area contributed by atoms with Crippen molar-refractivity contribution in [3.05, 3.63) is 57.6 Å². The van der Waals surface area contributed by atoms with Crippen molar-refractivity contribution in [3.8, 4) is 0 Å². The van der Waals surface area contributed by atoms with Crippen LogP contribution in [0.25, 0.3) is 0 Å². The van der Waals surface area contributed by atoms with Crippen molar-refractivity contribution in [1.29, 1.82) is 0 Å². The van der Waals surface area contributed by atoms with Crippen LogP contribution in [0.2, 0.25) is 5.02 Å². The molecule has 2 amide bonds. The number of likely N-dealkylation sites (tertiary alicyclic amines) is 1. The summed E-state index contributed by atoms with van der Waals surface area (Å²) in [6.45, 7) is 4.75. The van der Waals surface area contributed by atoms with E-state index in [1.54, 1.807) is 12.1 Å². The molecule has 6 nitrogen and oxygen atoms in total. The van der Waals surface area contributed by atoms with E-state index >= 15 is 0 Å². The van der Waals surface area contributed by atoms with E-state index in [1.807, 2.05) is 16.4 Å². The Hall–Kier alpha value is -2.38. The third-order valence-electron chi connectivity index (χ3n) is 5.82. The Kier molecular flexibility index (Phi) is 6.11. The monoisotopic (exact) mass is 433 g/mol. The molecule has 4 rings (SSSR count). The molecule has 2 aliphatic rings. The number of hydrogen-bond acceptors (Lipinski definition) is 3. The normalized spacial score (nSPS) is 17.0. The van der Waals surface area contributed by atoms with E-state index in [2.05, 4.69) is 5.32 Å². The van der Waals surface area contributed by atoms with Crippen LogP contribution in [0.5, 0.6) is 0 Å². The van der Waals surface area contributed by atoms with Crippen LogP contribution >= 0.6 is 11.6 Å². The zero-order valence-electron chi connectivity index (χ0n) is 16.9. The van der Waals surface area contributed by atoms with Gasteiger partial charge in [0.25, 0.3) is 11.8 Å². The summed E-state index contributed by atoms with van der Waals surface area (Å²) in [4.78, 5) is 28.0. The van der Waals surface area contributed by atoms with E-state index in [9.17, 15) is 14.0 Å². The van der Waals surface area contributed by atoms with Gasteiger partial charge in [-0.1, -0.05) is 24.6 Å². The van der Waals surface area contributed by atoms with Crippen molar-refractivity contribution in [2.75, 3.05) is 19.7 Å². The Balaban J connectivity index is 1.62. The average Bonchev–Trinajstić information content (AvgIpc) is 3.40. The lowest BCUT2D eigenvalue weighted by molar-refractivity contribution is 0.0714. The Morgan fingerprint density at radius 2 is 2.00 bits per heavy atom. The van der Waals surface area contributed by atoms with E-state index in [0.717, 1.165) is 25.9 Å². The Morgan fingerprint density at radius 1 is 1.23 bits per heavy atom. The minimum absolute atomic E-state index is 0.0386. The number of benzene rings is 1. The summed E-state index contributed by atoms with van der Waals surface area (Å²) >= 11 is 6.20. The molecule has 1 saturated heterocycles. The lowest BCUT2D eigenvalue weighted by Gasteiger charge is -2.22. The van der Waals surface area contributed by atoms with Gasteiger partial charge in [-0.15, -0.1) is 0 Å². The number of carbonyl (C=O) groups excluding carboxylic acids is 2. The molecule has 2 aromatic rings. The third-order valence-corrected chi connectivity index (χ3v) is 6.14. The van der Waals surface area contributed by atoms with Crippen molar-refractivity contribution in [2.24, 2.45) is 0 Å². The summed E-state index contributed by atoms with van der Waals surface area (Å²) in [7, 11) is 0. The minimum atomic E-state index is -0.423. The van der Waals surface area contributed by atoms with Gasteiger partial charge in [-0.05, 0) is 43.0 Å². The molecule has 2 aliphatic heterocycles. The summed E-state index contributed by atoms with van der Waals surface area (Å²) < 4.78 is 20.9. The first-order valence-corrected chi connectivity index (χ1v) is 10.7. The highest BCUT2D eigenvalue weighted by atomic mass is 35.5. The van der Waals surface area contributed by atoms with Crippen LogP contribution in [0, 0.1) is 5.82 Å². The number of carbonyl (C=O) groups is 2. The SMILES string of the molecule is CCC(NC(=O)c1cc(C(=O)N2CCCC2)n2c1COCC2)c1ccc(F)cc1Cl. The fourth-order valence-electron chi connectivity index (χ4n) is 4.20. The van der Waals surface area contributed by atoms with Crippen molar-refractivity contribution in [2.45, 2.75) is 45.4 Å². The quantitative estimate of drug-likeness (QED) is 0.777. The number of amides is 2. The van der Waals surface area contributed by atoms with Crippen LogP contribution in [0.4, 0.5) is 4.39 Å². The fraction of sp³-hybridized carbons (Fsp3) is 0.455. The summed E-state index contributed by atoms with van der Waals surface area (Å²) in [5.74, 6) is -0.756. The first-order valence-electron chi connectivity index (χ1n) is 10.3. The lowest BCUT2D eigenvalue weighted by Crippen LogP contribution is -2.31. The van der Waals surface area contributed by atoms with Crippen LogP contribution in [-0.4, -0.2) is 41.0 Å². The number of rotatable bonds is 5. The summed E-state index contributed by atoms with van der Waals surface area (Å²) in [6.07, 6.45) is 2.60. The fourth-order valence-corrected chi connectivity index (χ4v) is 4.50. The van der Waals surface area contributed by atoms with Crippen molar-refractivity contribution < 1.29 is 18.7 Å². The predicted molar refractivity (Wildman–Crippen MR) is 111 cm³/mol. The Bertz CT molecular complexity index is 969. The molecule has 3 heterocycles. The number of nitrogens with one attached hydrogen (secondary N) is 1. The van der Waals surface area contributed by atoms with Gasteiger partial charge < -0.3 is 19.5 Å². The minimum Gasteiger partial charge on any atom is -0.373 e. The zero-order valence-corrected chi connectivity index (χ0v) is 17.7. The smallest absolute Gasteiger partial charge is 0.270 e. The van der Waals surface area contributed by atoms with Gasteiger partial charge in [-0.3, -0.25) is 9.59 Å². The zero-order chi connectivity index (χ0) is 21.3. The van der Waals surface area contributed by atoms with Gasteiger partial charge in [0.1, 0.15) is 11.5 Å². The van der Waals surface area contributed by atoms with Crippen LogP contribution in [-0.2, 0) is 17.9 Å². The number of halogens is 2. The molecular formula is C22H25ClFN3O3. The number of ether oxygens (including phenoxy) is 1. The van der Waals surface area contributed by atoms with E-state index in [0.29, 0.717) is 42.1 Å². The van der Waals surface area contributed by atoms with Crippen molar-refractivity contribution in [1.82, 2.24) is 14.8 Å². The molecule has 1 unspecified atom stereocenters. The second kappa shape index (κ2) is 8.78. The highest BCUT2D eigenvalue weighted by Crippen LogP contribution is 2.28. The van der Waals surface area contributed by atoms with Crippen LogP contribution in [0.1, 0.15) is 64.3 Å². The standard InChI is InChI=1S/C22H25ClFN3O3/c1-2-18(15-6-5-14(24)11-17(15)23)25-21(28)16-12-19(22(29)26-7-3-4-8-26)27-9-10-30-13-20(16)27/h5-6,11-12,18H,2-4,7-10,13H2,1H3,(H,25,28). The molecule has 0 aliphatic carbocycles. The van der Waals surface area contributed by atoms with Crippen molar-refractivity contribution >= 4 is 23.4 Å². The van der Waals surface area contributed by atoms with Gasteiger partial charge >= 0.3 is 0 Å². The van der Waals surface area contributed by atoms with Gasteiger partial charge in [0.2, 0.25) is 0 Å². The maximum Gasteiger partial charge on any atom is 0.270 e. The van der Waals surface area contributed by atoms with E-state index in [-0.39, 0.29) is 29.5 Å². The van der Waals surface area contributed by atoms with E-state index in [1.165, 1.54) is 12.1 Å². The predicted octanol–water partition coefficient (Wildman–Crippen LogP) is 3.93. The van der Waals surface area contributed by atoms with Crippen LogP contribution < -0.4 is 5.32 Å². The molecule has 0 spiro atoms. The number of aromatic nitrogens is 1. The lowest BCUT2D eigenvalue weighted by atomic mass is 10.0. The first kappa shape index (κ1) is 20.9. The maximum absolute atomic E-state index is 13.4. The Labute approximate surface area is 179 Å². The van der Waals surface area contributed by atoms with Gasteiger partial charge in [0.15, 0.2) is 0 Å². The molecule has 0 saturated carbocycles.